The van der Waals surface area contributed by atoms with Crippen LogP contribution in [0.2, 0.25) is 5.02 Å². The molecule has 102 valence electrons. The van der Waals surface area contributed by atoms with Crippen molar-refractivity contribution in [3.8, 4) is 11.5 Å². The van der Waals surface area contributed by atoms with E-state index in [1.165, 1.54) is 42.5 Å². The third-order valence-corrected chi connectivity index (χ3v) is 2.66. The topological polar surface area (TPSA) is 89.7 Å². The largest absolute Gasteiger partial charge is 0.478 e. The van der Waals surface area contributed by atoms with Gasteiger partial charge in [0.1, 0.15) is 5.75 Å². The lowest BCUT2D eigenvalue weighted by atomic mass is 10.2. The number of ether oxygens (including phenoxy) is 1. The van der Waals surface area contributed by atoms with Crippen LogP contribution < -0.4 is 4.74 Å². The van der Waals surface area contributed by atoms with Crippen molar-refractivity contribution < 1.29 is 19.6 Å². The quantitative estimate of drug-likeness (QED) is 0.685. The normalized spacial score (nSPS) is 10.1. The molecule has 0 heterocycles. The smallest absolute Gasteiger partial charge is 0.335 e. The van der Waals surface area contributed by atoms with E-state index >= 15 is 0 Å². The fourth-order valence-corrected chi connectivity index (χ4v) is 1.70. The zero-order valence-corrected chi connectivity index (χ0v) is 10.7. The minimum atomic E-state index is -1.11. The number of hydrogen-bond acceptors (Lipinski definition) is 4. The SMILES string of the molecule is O=C(O)c1cccc(Oc2cc(Cl)ccc2[N+](=O)[O-])c1. The van der Waals surface area contributed by atoms with Gasteiger partial charge in [-0.3, -0.25) is 10.1 Å². The van der Waals surface area contributed by atoms with Crippen molar-refractivity contribution in [2.75, 3.05) is 0 Å². The zero-order valence-electron chi connectivity index (χ0n) is 9.95. The highest BCUT2D eigenvalue weighted by molar-refractivity contribution is 6.30. The first-order chi connectivity index (χ1) is 9.47. The Morgan fingerprint density at radius 1 is 1.25 bits per heavy atom. The van der Waals surface area contributed by atoms with Crippen LogP contribution >= 0.6 is 11.6 Å². The summed E-state index contributed by atoms with van der Waals surface area (Å²) in [5, 5.41) is 20.0. The molecule has 0 unspecified atom stereocenters. The molecule has 0 aliphatic rings. The summed E-state index contributed by atoms with van der Waals surface area (Å²) in [6.45, 7) is 0. The molecule has 0 saturated heterocycles. The lowest BCUT2D eigenvalue weighted by Crippen LogP contribution is -1.97. The van der Waals surface area contributed by atoms with Crippen LogP contribution in [0.4, 0.5) is 5.69 Å². The second kappa shape index (κ2) is 5.58. The maximum Gasteiger partial charge on any atom is 0.335 e. The Labute approximate surface area is 118 Å². The van der Waals surface area contributed by atoms with E-state index in [0.29, 0.717) is 0 Å². The average Bonchev–Trinajstić information content (AvgIpc) is 2.38. The third-order valence-electron chi connectivity index (χ3n) is 2.43. The van der Waals surface area contributed by atoms with Crippen molar-refractivity contribution in [1.82, 2.24) is 0 Å². The lowest BCUT2D eigenvalue weighted by Gasteiger charge is -2.07. The van der Waals surface area contributed by atoms with Gasteiger partial charge in [-0.1, -0.05) is 17.7 Å². The van der Waals surface area contributed by atoms with Gasteiger partial charge in [0.05, 0.1) is 10.5 Å². The number of nitro groups is 1. The van der Waals surface area contributed by atoms with Gasteiger partial charge in [0.15, 0.2) is 0 Å². The molecule has 20 heavy (non-hydrogen) atoms. The summed E-state index contributed by atoms with van der Waals surface area (Å²) < 4.78 is 5.35. The number of benzene rings is 2. The molecule has 0 aliphatic heterocycles. The fourth-order valence-electron chi connectivity index (χ4n) is 1.54. The van der Waals surface area contributed by atoms with Crippen molar-refractivity contribution in [2.24, 2.45) is 0 Å². The van der Waals surface area contributed by atoms with Crippen LogP contribution in [-0.4, -0.2) is 16.0 Å². The van der Waals surface area contributed by atoms with Gasteiger partial charge in [-0.15, -0.1) is 0 Å². The molecule has 0 bridgehead atoms. The Hall–Kier alpha value is -2.60. The number of nitrogens with zero attached hydrogens (tertiary/aromatic N) is 1. The first-order valence-electron chi connectivity index (χ1n) is 5.42. The van der Waals surface area contributed by atoms with Gasteiger partial charge in [0.25, 0.3) is 0 Å². The predicted octanol–water partition coefficient (Wildman–Crippen LogP) is 3.74. The van der Waals surface area contributed by atoms with Crippen molar-refractivity contribution in [3.63, 3.8) is 0 Å². The van der Waals surface area contributed by atoms with E-state index in [4.69, 9.17) is 21.4 Å². The molecule has 2 aromatic rings. The predicted molar refractivity (Wildman–Crippen MR) is 71.6 cm³/mol. The first-order valence-corrected chi connectivity index (χ1v) is 5.80. The first kappa shape index (κ1) is 13.8. The van der Waals surface area contributed by atoms with Crippen LogP contribution in [0.3, 0.4) is 0 Å². The van der Waals surface area contributed by atoms with Gasteiger partial charge in [-0.25, -0.2) is 4.79 Å². The van der Waals surface area contributed by atoms with Gasteiger partial charge < -0.3 is 9.84 Å². The summed E-state index contributed by atoms with van der Waals surface area (Å²) in [6.07, 6.45) is 0. The van der Waals surface area contributed by atoms with Crippen LogP contribution in [0.15, 0.2) is 42.5 Å². The van der Waals surface area contributed by atoms with Gasteiger partial charge in [-0.05, 0) is 24.3 Å². The standard InChI is InChI=1S/C13H8ClNO5/c14-9-4-5-11(15(18)19)12(7-9)20-10-3-1-2-8(6-10)13(16)17/h1-7H,(H,16,17). The highest BCUT2D eigenvalue weighted by atomic mass is 35.5. The van der Waals surface area contributed by atoms with Crippen LogP contribution in [0, 0.1) is 10.1 Å². The maximum atomic E-state index is 10.9. The molecule has 1 N–H and O–H groups in total. The molecule has 2 rings (SSSR count). The number of carbonyl (C=O) groups is 1. The monoisotopic (exact) mass is 293 g/mol. The van der Waals surface area contributed by atoms with E-state index in [1.54, 1.807) is 0 Å². The van der Waals surface area contributed by atoms with E-state index in [-0.39, 0.29) is 27.8 Å². The molecular weight excluding hydrogens is 286 g/mol. The zero-order chi connectivity index (χ0) is 14.7. The molecule has 0 atom stereocenters. The van der Waals surface area contributed by atoms with E-state index in [1.807, 2.05) is 0 Å². The Bertz CT molecular complexity index is 686. The van der Waals surface area contributed by atoms with Crippen LogP contribution in [0.1, 0.15) is 10.4 Å². The molecule has 0 saturated carbocycles. The van der Waals surface area contributed by atoms with Crippen LogP contribution in [0.25, 0.3) is 0 Å². The Morgan fingerprint density at radius 2 is 2.00 bits per heavy atom. The second-order valence-corrected chi connectivity index (χ2v) is 4.24. The number of nitro benzene ring substituents is 1. The summed E-state index contributed by atoms with van der Waals surface area (Å²) >= 11 is 5.77. The summed E-state index contributed by atoms with van der Waals surface area (Å²) in [6, 6.07) is 9.53. The van der Waals surface area contributed by atoms with Crippen molar-refractivity contribution >= 4 is 23.3 Å². The number of aromatic carboxylic acids is 1. The highest BCUT2D eigenvalue weighted by Crippen LogP contribution is 2.33. The minimum absolute atomic E-state index is 0.0205. The number of halogens is 1. The number of carboxylic acids is 1. The molecule has 6 nitrogen and oxygen atoms in total. The Balaban J connectivity index is 2.39. The van der Waals surface area contributed by atoms with Crippen molar-refractivity contribution in [1.29, 1.82) is 0 Å². The maximum absolute atomic E-state index is 10.9. The number of rotatable bonds is 4. The average molecular weight is 294 g/mol. The third kappa shape index (κ3) is 3.04. The van der Waals surface area contributed by atoms with E-state index in [0.717, 1.165) is 0 Å². The van der Waals surface area contributed by atoms with Crippen molar-refractivity contribution in [3.05, 3.63) is 63.2 Å². The van der Waals surface area contributed by atoms with Gasteiger partial charge in [0, 0.05) is 17.2 Å². The molecule has 7 heteroatoms. The molecule has 0 amide bonds. The van der Waals surface area contributed by atoms with E-state index in [2.05, 4.69) is 0 Å². The van der Waals surface area contributed by atoms with Gasteiger partial charge in [0.2, 0.25) is 5.75 Å². The second-order valence-electron chi connectivity index (χ2n) is 3.80. The van der Waals surface area contributed by atoms with Crippen molar-refractivity contribution in [2.45, 2.75) is 0 Å². The molecule has 0 aliphatic carbocycles. The van der Waals surface area contributed by atoms with Crippen LogP contribution in [-0.2, 0) is 0 Å². The van der Waals surface area contributed by atoms with Gasteiger partial charge >= 0.3 is 11.7 Å². The lowest BCUT2D eigenvalue weighted by molar-refractivity contribution is -0.385. The Kier molecular flexibility index (Phi) is 3.86. The summed E-state index contributed by atoms with van der Waals surface area (Å²) in [7, 11) is 0. The fraction of sp³-hybridized carbons (Fsp3) is 0. The number of carboxylic acid groups (broad SMARTS) is 1. The minimum Gasteiger partial charge on any atom is -0.478 e. The highest BCUT2D eigenvalue weighted by Gasteiger charge is 2.16. The molecule has 0 radical (unpaired) electrons. The molecule has 0 aromatic heterocycles. The van der Waals surface area contributed by atoms with Gasteiger partial charge in [-0.2, -0.15) is 0 Å². The molecule has 0 fully saturated rings. The molecule has 0 spiro atoms. The summed E-state index contributed by atoms with van der Waals surface area (Å²) in [4.78, 5) is 21.1. The summed E-state index contributed by atoms with van der Waals surface area (Å²) in [5.41, 5.74) is -0.234. The van der Waals surface area contributed by atoms with Crippen LogP contribution in [0.5, 0.6) is 11.5 Å². The Morgan fingerprint density at radius 3 is 2.65 bits per heavy atom. The molecule has 2 aromatic carbocycles. The van der Waals surface area contributed by atoms with E-state index in [9.17, 15) is 14.9 Å². The molecular formula is C13H8ClNO5. The van der Waals surface area contributed by atoms with E-state index < -0.39 is 10.9 Å². The summed E-state index contributed by atoms with van der Waals surface area (Å²) in [5.74, 6) is -0.989. The number of hydrogen-bond donors (Lipinski definition) is 1.